The second-order valence-corrected chi connectivity index (χ2v) is 3.54. The highest BCUT2D eigenvalue weighted by Crippen LogP contribution is 2.12. The summed E-state index contributed by atoms with van der Waals surface area (Å²) in [5, 5.41) is 9.14. The number of aromatic hydroxyl groups is 1. The van der Waals surface area contributed by atoms with Gasteiger partial charge < -0.3 is 9.67 Å². The fourth-order valence-corrected chi connectivity index (χ4v) is 1.64. The molecule has 0 unspecified atom stereocenters. The van der Waals surface area contributed by atoms with Crippen molar-refractivity contribution in [3.63, 3.8) is 0 Å². The standard InChI is InChI=1S/C11H11ClN2O/c12-7-11-13-5-6-14(11)8-9-1-3-10(15)4-2-9/h1-6,15H,7-8H2. The smallest absolute Gasteiger partial charge is 0.123 e. The van der Waals surface area contributed by atoms with Gasteiger partial charge in [-0.3, -0.25) is 0 Å². The number of alkyl halides is 1. The van der Waals surface area contributed by atoms with Gasteiger partial charge in [0.2, 0.25) is 0 Å². The summed E-state index contributed by atoms with van der Waals surface area (Å²) >= 11 is 5.74. The lowest BCUT2D eigenvalue weighted by atomic mass is 10.2. The van der Waals surface area contributed by atoms with Crippen LogP contribution in [0.4, 0.5) is 0 Å². The van der Waals surface area contributed by atoms with Crippen LogP contribution in [0.15, 0.2) is 36.7 Å². The number of phenols is 1. The molecule has 0 aliphatic carbocycles. The zero-order valence-corrected chi connectivity index (χ0v) is 8.85. The van der Waals surface area contributed by atoms with Gasteiger partial charge in [-0.2, -0.15) is 0 Å². The van der Waals surface area contributed by atoms with Crippen molar-refractivity contribution < 1.29 is 5.11 Å². The van der Waals surface area contributed by atoms with E-state index in [9.17, 15) is 0 Å². The number of imidazole rings is 1. The van der Waals surface area contributed by atoms with E-state index in [0.717, 1.165) is 17.9 Å². The average Bonchev–Trinajstić information content (AvgIpc) is 2.69. The molecule has 3 nitrogen and oxygen atoms in total. The monoisotopic (exact) mass is 222 g/mol. The summed E-state index contributed by atoms with van der Waals surface area (Å²) in [6, 6.07) is 7.11. The van der Waals surface area contributed by atoms with Gasteiger partial charge in [-0.25, -0.2) is 4.98 Å². The van der Waals surface area contributed by atoms with Crippen molar-refractivity contribution in [3.05, 3.63) is 48.0 Å². The largest absolute Gasteiger partial charge is 0.508 e. The number of phenolic OH excluding ortho intramolecular Hbond substituents is 1. The van der Waals surface area contributed by atoms with Crippen LogP contribution in [0.25, 0.3) is 0 Å². The molecule has 0 bridgehead atoms. The van der Waals surface area contributed by atoms with Gasteiger partial charge in [-0.05, 0) is 17.7 Å². The molecule has 2 aromatic rings. The summed E-state index contributed by atoms with van der Waals surface area (Å²) in [6.07, 6.45) is 3.63. The third-order valence-electron chi connectivity index (χ3n) is 2.21. The Morgan fingerprint density at radius 2 is 2.00 bits per heavy atom. The lowest BCUT2D eigenvalue weighted by Crippen LogP contribution is -2.02. The molecular formula is C11H11ClN2O. The Morgan fingerprint density at radius 3 is 2.67 bits per heavy atom. The number of rotatable bonds is 3. The fourth-order valence-electron chi connectivity index (χ4n) is 1.41. The second-order valence-electron chi connectivity index (χ2n) is 3.27. The minimum Gasteiger partial charge on any atom is -0.508 e. The Bertz CT molecular complexity index is 436. The summed E-state index contributed by atoms with van der Waals surface area (Å²) in [5.74, 6) is 1.54. The molecule has 1 N–H and O–H groups in total. The molecular weight excluding hydrogens is 212 g/mol. The third kappa shape index (κ3) is 2.30. The van der Waals surface area contributed by atoms with Crippen molar-refractivity contribution >= 4 is 11.6 Å². The van der Waals surface area contributed by atoms with Crippen LogP contribution in [0.2, 0.25) is 0 Å². The summed E-state index contributed by atoms with van der Waals surface area (Å²) in [4.78, 5) is 4.13. The number of aromatic nitrogens is 2. The highest BCUT2D eigenvalue weighted by atomic mass is 35.5. The Hall–Kier alpha value is -1.48. The van der Waals surface area contributed by atoms with Gasteiger partial charge >= 0.3 is 0 Å². The van der Waals surface area contributed by atoms with Crippen molar-refractivity contribution in [1.82, 2.24) is 9.55 Å². The fraction of sp³-hybridized carbons (Fsp3) is 0.182. The van der Waals surface area contributed by atoms with Gasteiger partial charge in [-0.15, -0.1) is 11.6 Å². The van der Waals surface area contributed by atoms with Crippen LogP contribution in [-0.2, 0) is 12.4 Å². The lowest BCUT2D eigenvalue weighted by molar-refractivity contribution is 0.475. The maximum atomic E-state index is 9.14. The molecule has 1 aromatic carbocycles. The van der Waals surface area contributed by atoms with Crippen LogP contribution >= 0.6 is 11.6 Å². The van der Waals surface area contributed by atoms with E-state index < -0.39 is 0 Å². The molecule has 0 fully saturated rings. The zero-order valence-electron chi connectivity index (χ0n) is 8.10. The molecule has 0 aliphatic heterocycles. The van der Waals surface area contributed by atoms with E-state index in [1.165, 1.54) is 0 Å². The number of halogens is 1. The van der Waals surface area contributed by atoms with Crippen molar-refractivity contribution in [3.8, 4) is 5.75 Å². The Morgan fingerprint density at radius 1 is 1.27 bits per heavy atom. The van der Waals surface area contributed by atoms with Crippen LogP contribution in [0.1, 0.15) is 11.4 Å². The number of hydrogen-bond acceptors (Lipinski definition) is 2. The Balaban J connectivity index is 2.18. The van der Waals surface area contributed by atoms with E-state index in [-0.39, 0.29) is 5.75 Å². The summed E-state index contributed by atoms with van der Waals surface area (Å²) in [7, 11) is 0. The van der Waals surface area contributed by atoms with Crippen LogP contribution in [0.5, 0.6) is 5.75 Å². The minimum absolute atomic E-state index is 0.280. The van der Waals surface area contributed by atoms with Crippen LogP contribution in [0.3, 0.4) is 0 Å². The van der Waals surface area contributed by atoms with Gasteiger partial charge in [0.1, 0.15) is 11.6 Å². The van der Waals surface area contributed by atoms with Gasteiger partial charge in [0, 0.05) is 18.9 Å². The maximum Gasteiger partial charge on any atom is 0.123 e. The number of benzene rings is 1. The molecule has 78 valence electrons. The Kier molecular flexibility index (Phi) is 2.92. The molecule has 0 aliphatic rings. The SMILES string of the molecule is Oc1ccc(Cn2ccnc2CCl)cc1. The zero-order chi connectivity index (χ0) is 10.7. The van der Waals surface area contributed by atoms with E-state index in [0.29, 0.717) is 5.88 Å². The lowest BCUT2D eigenvalue weighted by Gasteiger charge is -2.05. The average molecular weight is 223 g/mol. The Labute approximate surface area is 93.0 Å². The highest BCUT2D eigenvalue weighted by Gasteiger charge is 2.01. The van der Waals surface area contributed by atoms with Gasteiger partial charge in [-0.1, -0.05) is 12.1 Å². The van der Waals surface area contributed by atoms with Crippen LogP contribution < -0.4 is 0 Å². The van der Waals surface area contributed by atoms with Gasteiger partial charge in [0.05, 0.1) is 5.88 Å². The first-order chi connectivity index (χ1) is 7.29. The van der Waals surface area contributed by atoms with Crippen molar-refractivity contribution in [2.75, 3.05) is 0 Å². The normalized spacial score (nSPS) is 10.5. The van der Waals surface area contributed by atoms with Gasteiger partial charge in [0.15, 0.2) is 0 Å². The van der Waals surface area contributed by atoms with Crippen molar-refractivity contribution in [2.24, 2.45) is 0 Å². The second kappa shape index (κ2) is 4.36. The van der Waals surface area contributed by atoms with E-state index in [1.807, 2.05) is 22.9 Å². The van der Waals surface area contributed by atoms with E-state index in [1.54, 1.807) is 18.3 Å². The number of hydrogen-bond donors (Lipinski definition) is 1. The first kappa shape index (κ1) is 10.1. The predicted octanol–water partition coefficient (Wildman–Crippen LogP) is 2.38. The molecule has 2 rings (SSSR count). The van der Waals surface area contributed by atoms with Crippen molar-refractivity contribution in [2.45, 2.75) is 12.4 Å². The molecule has 1 heterocycles. The first-order valence-corrected chi connectivity index (χ1v) is 5.17. The topological polar surface area (TPSA) is 38.0 Å². The van der Waals surface area contributed by atoms with Crippen molar-refractivity contribution in [1.29, 1.82) is 0 Å². The molecule has 0 radical (unpaired) electrons. The molecule has 15 heavy (non-hydrogen) atoms. The first-order valence-electron chi connectivity index (χ1n) is 4.63. The van der Waals surface area contributed by atoms with Crippen LogP contribution in [-0.4, -0.2) is 14.7 Å². The predicted molar refractivity (Wildman–Crippen MR) is 59.0 cm³/mol. The molecule has 0 atom stereocenters. The summed E-state index contributed by atoms with van der Waals surface area (Å²) < 4.78 is 1.99. The highest BCUT2D eigenvalue weighted by molar-refractivity contribution is 6.16. The van der Waals surface area contributed by atoms with Crippen LogP contribution in [0, 0.1) is 0 Å². The molecule has 0 amide bonds. The summed E-state index contributed by atoms with van der Waals surface area (Å²) in [6.45, 7) is 0.725. The molecule has 4 heteroatoms. The van der Waals surface area contributed by atoms with Gasteiger partial charge in [0.25, 0.3) is 0 Å². The third-order valence-corrected chi connectivity index (χ3v) is 2.45. The van der Waals surface area contributed by atoms with E-state index in [4.69, 9.17) is 16.7 Å². The van der Waals surface area contributed by atoms with E-state index in [2.05, 4.69) is 4.98 Å². The summed E-state index contributed by atoms with van der Waals surface area (Å²) in [5.41, 5.74) is 1.11. The minimum atomic E-state index is 0.280. The molecule has 1 aromatic heterocycles. The molecule has 0 spiro atoms. The number of nitrogens with zero attached hydrogens (tertiary/aromatic N) is 2. The van der Waals surface area contributed by atoms with E-state index >= 15 is 0 Å². The quantitative estimate of drug-likeness (QED) is 0.810. The molecule has 0 saturated heterocycles. The maximum absolute atomic E-state index is 9.14. The molecule has 0 saturated carbocycles.